The van der Waals surface area contributed by atoms with Gasteiger partial charge in [0.1, 0.15) is 12.3 Å². The van der Waals surface area contributed by atoms with Gasteiger partial charge in [0.05, 0.1) is 0 Å². The molecular formula is C9H18ClNO3. The Balaban J connectivity index is -0.000000403. The van der Waals surface area contributed by atoms with Crippen molar-refractivity contribution in [2.75, 3.05) is 0 Å². The van der Waals surface area contributed by atoms with E-state index in [1.54, 1.807) is 12.1 Å². The van der Waals surface area contributed by atoms with Gasteiger partial charge in [-0.1, -0.05) is 0 Å². The number of nitrogens with zero attached hydrogens (tertiary/aromatic N) is 1. The molecule has 0 aromatic carbocycles. The lowest BCUT2D eigenvalue weighted by molar-refractivity contribution is -0.705. The van der Waals surface area contributed by atoms with Crippen LogP contribution in [0.2, 0.25) is 0 Å². The van der Waals surface area contributed by atoms with Gasteiger partial charge in [0.15, 0.2) is 11.4 Å². The van der Waals surface area contributed by atoms with Crippen LogP contribution < -0.4 is 17.0 Å². The van der Waals surface area contributed by atoms with E-state index in [0.29, 0.717) is 5.75 Å². The molecule has 0 amide bonds. The smallest absolute Gasteiger partial charge is 0.182 e. The molecule has 0 fully saturated rings. The Morgan fingerprint density at radius 2 is 1.50 bits per heavy atom. The van der Waals surface area contributed by atoms with Gasteiger partial charge in [-0.3, -0.25) is 0 Å². The summed E-state index contributed by atoms with van der Waals surface area (Å²) in [6.07, 6.45) is 0. The monoisotopic (exact) mass is 223 g/mol. The van der Waals surface area contributed by atoms with Crippen LogP contribution in [0, 0.1) is 13.8 Å². The van der Waals surface area contributed by atoms with E-state index in [2.05, 4.69) is 11.5 Å². The van der Waals surface area contributed by atoms with E-state index in [-0.39, 0.29) is 23.4 Å². The Kier molecular flexibility index (Phi) is 10.2. The fourth-order valence-corrected chi connectivity index (χ4v) is 1.40. The molecule has 0 unspecified atom stereocenters. The largest absolute Gasteiger partial charge is 1.00 e. The number of aryl methyl sites for hydroxylation is 2. The van der Waals surface area contributed by atoms with Crippen LogP contribution in [0.15, 0.2) is 12.1 Å². The fourth-order valence-electron chi connectivity index (χ4n) is 1.40. The highest BCUT2D eigenvalue weighted by Crippen LogP contribution is 2.08. The molecule has 0 saturated carbocycles. The zero-order chi connectivity index (χ0) is 8.43. The molecule has 5 N–H and O–H groups in total. The first kappa shape index (κ1) is 18.9. The Morgan fingerprint density at radius 3 is 1.79 bits per heavy atom. The minimum absolute atomic E-state index is 0. The van der Waals surface area contributed by atoms with Gasteiger partial charge in [-0.15, -0.1) is 0 Å². The number of hydrogen-bond acceptors (Lipinski definition) is 1. The maximum Gasteiger partial charge on any atom is 0.182 e. The molecule has 1 heterocycles. The summed E-state index contributed by atoms with van der Waals surface area (Å²) in [4.78, 5) is 0. The molecular weight excluding hydrogens is 206 g/mol. The molecule has 4 nitrogen and oxygen atoms in total. The molecule has 0 bridgehead atoms. The summed E-state index contributed by atoms with van der Waals surface area (Å²) in [5.74, 6) is 0.352. The third-order valence-corrected chi connectivity index (χ3v) is 1.88. The molecule has 0 aliphatic carbocycles. The third-order valence-electron chi connectivity index (χ3n) is 1.88. The first-order valence-corrected chi connectivity index (χ1v) is 3.85. The predicted molar refractivity (Wildman–Crippen MR) is 50.7 cm³/mol. The number of aromatic hydroxyl groups is 1. The van der Waals surface area contributed by atoms with Crippen LogP contribution in [-0.4, -0.2) is 16.1 Å². The van der Waals surface area contributed by atoms with Crippen molar-refractivity contribution < 1.29 is 33.0 Å². The zero-order valence-corrected chi connectivity index (χ0v) is 9.39. The van der Waals surface area contributed by atoms with Crippen molar-refractivity contribution in [2.24, 2.45) is 0 Å². The first-order chi connectivity index (χ1) is 5.15. The van der Waals surface area contributed by atoms with E-state index < -0.39 is 0 Å². The molecule has 1 aromatic heterocycles. The van der Waals surface area contributed by atoms with Gasteiger partial charge in [-0.25, -0.2) is 4.57 Å². The van der Waals surface area contributed by atoms with Gasteiger partial charge in [0.25, 0.3) is 0 Å². The summed E-state index contributed by atoms with van der Waals surface area (Å²) in [6, 6.07) is 3.55. The van der Waals surface area contributed by atoms with E-state index in [4.69, 9.17) is 0 Å². The van der Waals surface area contributed by atoms with Crippen molar-refractivity contribution in [1.82, 2.24) is 0 Å². The van der Waals surface area contributed by atoms with Crippen LogP contribution in [0.4, 0.5) is 0 Å². The topological polar surface area (TPSA) is 87.1 Å². The molecule has 5 heteroatoms. The fraction of sp³-hybridized carbons (Fsp3) is 0.444. The third kappa shape index (κ3) is 3.91. The van der Waals surface area contributed by atoms with Crippen molar-refractivity contribution in [1.29, 1.82) is 0 Å². The highest BCUT2D eigenvalue weighted by atomic mass is 35.5. The average Bonchev–Trinajstić information content (AvgIpc) is 1.85. The molecule has 1 aromatic rings. The molecule has 84 valence electrons. The standard InChI is InChI=1S/C9H13NO.ClH.2H2O/c1-4-10-7(2)5-9(11)6-8(10)3;;;/h5-6H,4H2,1-3H3;1H;2*1H2. The second-order valence-electron chi connectivity index (χ2n) is 2.74. The van der Waals surface area contributed by atoms with Crippen LogP contribution in [0.5, 0.6) is 5.75 Å². The molecule has 0 spiro atoms. The van der Waals surface area contributed by atoms with E-state index >= 15 is 0 Å². The molecule has 0 saturated heterocycles. The average molecular weight is 224 g/mol. The van der Waals surface area contributed by atoms with Crippen molar-refractivity contribution in [2.45, 2.75) is 27.3 Å². The summed E-state index contributed by atoms with van der Waals surface area (Å²) in [7, 11) is 0. The summed E-state index contributed by atoms with van der Waals surface area (Å²) in [6.45, 7) is 7.04. The Labute approximate surface area is 90.2 Å². The Hall–Kier alpha value is -0.840. The summed E-state index contributed by atoms with van der Waals surface area (Å²) >= 11 is 0. The normalized spacial score (nSPS) is 7.93. The highest BCUT2D eigenvalue weighted by molar-refractivity contribution is 5.20. The van der Waals surface area contributed by atoms with E-state index in [1.807, 2.05) is 13.8 Å². The molecule has 14 heavy (non-hydrogen) atoms. The van der Waals surface area contributed by atoms with Gasteiger partial charge in [-0.2, -0.15) is 0 Å². The van der Waals surface area contributed by atoms with E-state index in [1.165, 1.54) is 0 Å². The van der Waals surface area contributed by atoms with Crippen LogP contribution >= 0.6 is 0 Å². The lowest BCUT2D eigenvalue weighted by Gasteiger charge is -2.00. The van der Waals surface area contributed by atoms with Crippen LogP contribution in [0.3, 0.4) is 0 Å². The van der Waals surface area contributed by atoms with Gasteiger partial charge >= 0.3 is 0 Å². The maximum absolute atomic E-state index is 9.20. The van der Waals surface area contributed by atoms with Crippen molar-refractivity contribution >= 4 is 0 Å². The lowest BCUT2D eigenvalue weighted by atomic mass is 10.3. The number of halogens is 1. The Morgan fingerprint density at radius 1 is 1.14 bits per heavy atom. The van der Waals surface area contributed by atoms with Crippen molar-refractivity contribution in [3.63, 3.8) is 0 Å². The van der Waals surface area contributed by atoms with Crippen LogP contribution in [0.25, 0.3) is 0 Å². The van der Waals surface area contributed by atoms with E-state index in [9.17, 15) is 5.11 Å². The van der Waals surface area contributed by atoms with Gasteiger partial charge < -0.3 is 28.5 Å². The molecule has 0 aliphatic heterocycles. The second kappa shape index (κ2) is 7.55. The number of pyridine rings is 1. The number of rotatable bonds is 1. The predicted octanol–water partition coefficient (Wildman–Crippen LogP) is -3.33. The lowest BCUT2D eigenvalue weighted by Crippen LogP contribution is -3.00. The van der Waals surface area contributed by atoms with Crippen molar-refractivity contribution in [3.8, 4) is 5.75 Å². The van der Waals surface area contributed by atoms with Crippen LogP contribution in [-0.2, 0) is 6.54 Å². The molecule has 0 atom stereocenters. The SMILES string of the molecule is CC[n+]1c(C)cc(O)cc1C.O.O.[Cl-]. The summed E-state index contributed by atoms with van der Waals surface area (Å²) in [5, 5.41) is 9.20. The maximum atomic E-state index is 9.20. The number of hydrogen-bond donors (Lipinski definition) is 1. The highest BCUT2D eigenvalue weighted by Gasteiger charge is 2.08. The second-order valence-corrected chi connectivity index (χ2v) is 2.74. The van der Waals surface area contributed by atoms with Gasteiger partial charge in [0, 0.05) is 26.0 Å². The summed E-state index contributed by atoms with van der Waals surface area (Å²) in [5.41, 5.74) is 2.20. The summed E-state index contributed by atoms with van der Waals surface area (Å²) < 4.78 is 2.15. The number of aromatic nitrogens is 1. The minimum Gasteiger partial charge on any atom is -1.00 e. The van der Waals surface area contributed by atoms with Gasteiger partial charge in [0.2, 0.25) is 0 Å². The van der Waals surface area contributed by atoms with Crippen LogP contribution in [0.1, 0.15) is 18.3 Å². The minimum atomic E-state index is 0. The first-order valence-electron chi connectivity index (χ1n) is 3.85. The Bertz CT molecular complexity index is 256. The quantitative estimate of drug-likeness (QED) is 0.496. The molecule has 0 aliphatic rings. The zero-order valence-electron chi connectivity index (χ0n) is 8.63. The molecule has 0 radical (unpaired) electrons. The van der Waals surface area contributed by atoms with Gasteiger partial charge in [-0.05, 0) is 6.92 Å². The van der Waals surface area contributed by atoms with E-state index in [0.717, 1.165) is 17.9 Å². The van der Waals surface area contributed by atoms with Crippen molar-refractivity contribution in [3.05, 3.63) is 23.5 Å². The molecule has 1 rings (SSSR count).